The molecule has 200 valence electrons. The van der Waals surface area contributed by atoms with E-state index in [0.29, 0.717) is 29.8 Å². The van der Waals surface area contributed by atoms with E-state index in [2.05, 4.69) is 39.1 Å². The molecule has 2 aromatic heterocycles. The highest BCUT2D eigenvalue weighted by Gasteiger charge is 2.26. The monoisotopic (exact) mass is 517 g/mol. The summed E-state index contributed by atoms with van der Waals surface area (Å²) in [5.74, 6) is 2.94. The number of aromatic nitrogens is 3. The lowest BCUT2D eigenvalue weighted by atomic mass is 9.97. The first kappa shape index (κ1) is 25.8. The van der Waals surface area contributed by atoms with Gasteiger partial charge in [0.2, 0.25) is 17.7 Å². The number of benzene rings is 2. The van der Waals surface area contributed by atoms with Crippen molar-refractivity contribution >= 4 is 16.8 Å². The van der Waals surface area contributed by atoms with Crippen LogP contribution in [-0.2, 0) is 11.2 Å². The highest BCUT2D eigenvalue weighted by atomic mass is 16.5. The van der Waals surface area contributed by atoms with Crippen LogP contribution in [0.25, 0.3) is 33.6 Å². The SMILES string of the molecule is CCc1c(-c2ccc(OC)c(OC)c2)[nH]c2ccc(-c3nnc(C4CCN(CC(=O)N(C)C)CC4)o3)cc12. The van der Waals surface area contributed by atoms with Crippen LogP contribution < -0.4 is 9.47 Å². The number of rotatable bonds is 8. The average Bonchev–Trinajstić information content (AvgIpc) is 3.57. The topological polar surface area (TPSA) is 96.7 Å². The molecule has 0 spiro atoms. The fourth-order valence-corrected chi connectivity index (χ4v) is 5.17. The largest absolute Gasteiger partial charge is 0.493 e. The van der Waals surface area contributed by atoms with Crippen LogP contribution in [0.5, 0.6) is 11.5 Å². The quantitative estimate of drug-likeness (QED) is 0.361. The zero-order chi connectivity index (χ0) is 26.8. The van der Waals surface area contributed by atoms with Gasteiger partial charge >= 0.3 is 0 Å². The molecule has 0 bridgehead atoms. The Morgan fingerprint density at radius 2 is 1.79 bits per heavy atom. The molecule has 9 nitrogen and oxygen atoms in total. The lowest BCUT2D eigenvalue weighted by molar-refractivity contribution is -0.130. The minimum absolute atomic E-state index is 0.129. The number of fused-ring (bicyclic) bond motifs is 1. The van der Waals surface area contributed by atoms with Crippen molar-refractivity contribution in [2.45, 2.75) is 32.1 Å². The number of nitrogens with zero attached hydrogens (tertiary/aromatic N) is 4. The van der Waals surface area contributed by atoms with Gasteiger partial charge in [0.05, 0.1) is 20.8 Å². The number of amides is 1. The number of hydrogen-bond donors (Lipinski definition) is 1. The molecule has 0 saturated carbocycles. The van der Waals surface area contributed by atoms with E-state index in [0.717, 1.165) is 60.1 Å². The summed E-state index contributed by atoms with van der Waals surface area (Å²) in [6.45, 7) is 4.30. The third-order valence-electron chi connectivity index (χ3n) is 7.41. The molecule has 0 unspecified atom stereocenters. The number of piperidine rings is 1. The average molecular weight is 518 g/mol. The maximum Gasteiger partial charge on any atom is 0.247 e. The summed E-state index contributed by atoms with van der Waals surface area (Å²) in [6, 6.07) is 12.2. The number of likely N-dealkylation sites (tertiary alicyclic amines) is 1. The van der Waals surface area contributed by atoms with Crippen molar-refractivity contribution < 1.29 is 18.7 Å². The lowest BCUT2D eigenvalue weighted by Crippen LogP contribution is -2.40. The molecule has 2 aromatic carbocycles. The predicted molar refractivity (Wildman–Crippen MR) is 147 cm³/mol. The molecule has 0 radical (unpaired) electrons. The molecule has 38 heavy (non-hydrogen) atoms. The van der Waals surface area contributed by atoms with Gasteiger partial charge in [-0.1, -0.05) is 6.92 Å². The first-order chi connectivity index (χ1) is 18.4. The van der Waals surface area contributed by atoms with Gasteiger partial charge in [-0.05, 0) is 74.3 Å². The minimum atomic E-state index is 0.129. The van der Waals surface area contributed by atoms with Crippen molar-refractivity contribution in [2.24, 2.45) is 0 Å². The van der Waals surface area contributed by atoms with E-state index in [1.807, 2.05) is 24.3 Å². The Kier molecular flexibility index (Phi) is 7.37. The maximum atomic E-state index is 12.0. The first-order valence-electron chi connectivity index (χ1n) is 13.0. The molecular weight excluding hydrogens is 482 g/mol. The van der Waals surface area contributed by atoms with Gasteiger partial charge in [-0.3, -0.25) is 9.69 Å². The van der Waals surface area contributed by atoms with Gasteiger partial charge in [-0.25, -0.2) is 0 Å². The van der Waals surface area contributed by atoms with Crippen molar-refractivity contribution in [3.05, 3.63) is 47.9 Å². The van der Waals surface area contributed by atoms with Crippen LogP contribution in [0.2, 0.25) is 0 Å². The smallest absolute Gasteiger partial charge is 0.247 e. The van der Waals surface area contributed by atoms with Crippen LogP contribution >= 0.6 is 0 Å². The third kappa shape index (κ3) is 4.98. The van der Waals surface area contributed by atoms with Crippen LogP contribution in [0, 0.1) is 0 Å². The Balaban J connectivity index is 1.37. The predicted octanol–water partition coefficient (Wildman–Crippen LogP) is 4.73. The molecular formula is C29H35N5O4. The van der Waals surface area contributed by atoms with Crippen molar-refractivity contribution in [3.63, 3.8) is 0 Å². The van der Waals surface area contributed by atoms with Gasteiger partial charge in [0.1, 0.15) is 0 Å². The van der Waals surface area contributed by atoms with E-state index in [9.17, 15) is 4.79 Å². The molecule has 0 aliphatic carbocycles. The van der Waals surface area contributed by atoms with Gasteiger partial charge in [0.25, 0.3) is 0 Å². The Labute approximate surface area is 222 Å². The van der Waals surface area contributed by atoms with E-state index < -0.39 is 0 Å². The summed E-state index contributed by atoms with van der Waals surface area (Å²) >= 11 is 0. The summed E-state index contributed by atoms with van der Waals surface area (Å²) in [5.41, 5.74) is 5.27. The number of nitrogens with one attached hydrogen (secondary N) is 1. The highest BCUT2D eigenvalue weighted by molar-refractivity contribution is 5.93. The summed E-state index contributed by atoms with van der Waals surface area (Å²) in [5, 5.41) is 9.92. The Morgan fingerprint density at radius 1 is 1.05 bits per heavy atom. The molecule has 0 atom stereocenters. The molecule has 4 aromatic rings. The van der Waals surface area contributed by atoms with Gasteiger partial charge in [0, 0.05) is 47.7 Å². The van der Waals surface area contributed by atoms with E-state index in [1.165, 1.54) is 5.56 Å². The number of carbonyl (C=O) groups is 1. The standard InChI is InChI=1S/C29H35N5O4/c1-6-21-22-15-20(7-9-23(22)30-27(21)19-8-10-24(36-4)25(16-19)37-5)29-32-31-28(38-29)18-11-13-34(14-12-18)17-26(35)33(2)3/h7-10,15-16,18,30H,6,11-14,17H2,1-5H3. The van der Waals surface area contributed by atoms with Gasteiger partial charge in [-0.15, -0.1) is 10.2 Å². The summed E-state index contributed by atoms with van der Waals surface area (Å²) in [6.07, 6.45) is 2.65. The normalized spacial score (nSPS) is 14.7. The van der Waals surface area contributed by atoms with E-state index in [4.69, 9.17) is 13.9 Å². The fraction of sp³-hybridized carbons (Fsp3) is 0.414. The number of methoxy groups -OCH3 is 2. The van der Waals surface area contributed by atoms with Gasteiger partial charge < -0.3 is 23.8 Å². The van der Waals surface area contributed by atoms with Crippen molar-refractivity contribution in [3.8, 4) is 34.2 Å². The number of aromatic amines is 1. The highest BCUT2D eigenvalue weighted by Crippen LogP contribution is 2.37. The second kappa shape index (κ2) is 10.9. The Bertz CT molecular complexity index is 1430. The van der Waals surface area contributed by atoms with E-state index >= 15 is 0 Å². The van der Waals surface area contributed by atoms with Crippen molar-refractivity contribution in [1.29, 1.82) is 0 Å². The molecule has 1 amide bonds. The molecule has 9 heteroatoms. The maximum absolute atomic E-state index is 12.0. The summed E-state index contributed by atoms with van der Waals surface area (Å²) < 4.78 is 17.1. The molecule has 1 N–H and O–H groups in total. The molecule has 1 fully saturated rings. The summed E-state index contributed by atoms with van der Waals surface area (Å²) in [7, 11) is 6.87. The number of carbonyl (C=O) groups excluding carboxylic acids is 1. The molecule has 5 rings (SSSR count). The lowest BCUT2D eigenvalue weighted by Gasteiger charge is -2.30. The molecule has 1 saturated heterocycles. The Morgan fingerprint density at radius 3 is 2.47 bits per heavy atom. The number of aryl methyl sites for hydroxylation is 1. The van der Waals surface area contributed by atoms with E-state index in [1.54, 1.807) is 33.2 Å². The fourth-order valence-electron chi connectivity index (χ4n) is 5.17. The zero-order valence-corrected chi connectivity index (χ0v) is 22.7. The van der Waals surface area contributed by atoms with Crippen LogP contribution in [0.15, 0.2) is 40.8 Å². The molecule has 3 heterocycles. The zero-order valence-electron chi connectivity index (χ0n) is 22.7. The van der Waals surface area contributed by atoms with Crippen molar-refractivity contribution in [1.82, 2.24) is 25.0 Å². The number of hydrogen-bond acceptors (Lipinski definition) is 7. The number of likely N-dealkylation sites (N-methyl/N-ethyl adjacent to an activating group) is 1. The molecule has 1 aliphatic rings. The Hall–Kier alpha value is -3.85. The van der Waals surface area contributed by atoms with E-state index in [-0.39, 0.29) is 11.8 Å². The minimum Gasteiger partial charge on any atom is -0.493 e. The van der Waals surface area contributed by atoms with Crippen LogP contribution in [0.3, 0.4) is 0 Å². The number of ether oxygens (including phenoxy) is 2. The summed E-state index contributed by atoms with van der Waals surface area (Å²) in [4.78, 5) is 19.4. The van der Waals surface area contributed by atoms with Crippen LogP contribution in [0.1, 0.15) is 37.1 Å². The van der Waals surface area contributed by atoms with Gasteiger partial charge in [-0.2, -0.15) is 0 Å². The second-order valence-electron chi connectivity index (χ2n) is 9.95. The van der Waals surface area contributed by atoms with Crippen LogP contribution in [0.4, 0.5) is 0 Å². The molecule has 1 aliphatic heterocycles. The first-order valence-corrected chi connectivity index (χ1v) is 13.0. The van der Waals surface area contributed by atoms with Gasteiger partial charge in [0.15, 0.2) is 11.5 Å². The third-order valence-corrected chi connectivity index (χ3v) is 7.41. The van der Waals surface area contributed by atoms with Crippen LogP contribution in [-0.4, -0.2) is 78.8 Å². The second-order valence-corrected chi connectivity index (χ2v) is 9.95. The number of H-pyrrole nitrogens is 1. The van der Waals surface area contributed by atoms with Crippen molar-refractivity contribution in [2.75, 3.05) is 47.9 Å².